The Morgan fingerprint density at radius 1 is 1.17 bits per heavy atom. The Morgan fingerprint density at radius 3 is 2.65 bits per heavy atom. The molecular weight excluding hydrogens is 296 g/mol. The molecule has 2 aliphatic rings. The first-order chi connectivity index (χ1) is 11.1. The van der Waals surface area contributed by atoms with Crippen LogP contribution in [0.15, 0.2) is 53.6 Å². The smallest absolute Gasteiger partial charge is 0.278 e. The highest BCUT2D eigenvalue weighted by molar-refractivity contribution is 6.08. The maximum Gasteiger partial charge on any atom is 0.278 e. The average Bonchev–Trinajstić information content (AvgIpc) is 2.99. The van der Waals surface area contributed by atoms with Crippen molar-refractivity contribution in [3.63, 3.8) is 0 Å². The Kier molecular flexibility index (Phi) is 2.87. The number of rotatable bonds is 2. The molecule has 114 valence electrons. The van der Waals surface area contributed by atoms with Crippen molar-refractivity contribution in [2.24, 2.45) is 5.10 Å². The maximum atomic E-state index is 12.5. The molecule has 2 aromatic rings. The molecule has 2 heterocycles. The van der Waals surface area contributed by atoms with Crippen LogP contribution in [0, 0.1) is 10.1 Å². The fourth-order valence-corrected chi connectivity index (χ4v) is 2.86. The van der Waals surface area contributed by atoms with Crippen molar-refractivity contribution in [2.45, 2.75) is 12.6 Å². The van der Waals surface area contributed by atoms with Crippen LogP contribution in [0.2, 0.25) is 0 Å². The van der Waals surface area contributed by atoms with Crippen molar-refractivity contribution in [3.05, 3.63) is 69.8 Å². The molecular formula is C16H12N4O3. The van der Waals surface area contributed by atoms with Crippen molar-refractivity contribution in [3.8, 4) is 0 Å². The van der Waals surface area contributed by atoms with Crippen molar-refractivity contribution < 1.29 is 9.72 Å². The maximum absolute atomic E-state index is 12.5. The van der Waals surface area contributed by atoms with E-state index in [2.05, 4.69) is 10.4 Å². The molecule has 4 rings (SSSR count). The average molecular weight is 308 g/mol. The molecule has 0 saturated heterocycles. The van der Waals surface area contributed by atoms with Gasteiger partial charge in [0.15, 0.2) is 0 Å². The predicted molar refractivity (Wildman–Crippen MR) is 84.3 cm³/mol. The molecule has 1 unspecified atom stereocenters. The number of carbonyl (C=O) groups is 1. The van der Waals surface area contributed by atoms with E-state index in [1.54, 1.807) is 18.2 Å². The lowest BCUT2D eigenvalue weighted by molar-refractivity contribution is -0.384. The minimum Gasteiger partial charge on any atom is -0.363 e. The van der Waals surface area contributed by atoms with Gasteiger partial charge in [-0.3, -0.25) is 14.9 Å². The number of anilines is 1. The Labute approximate surface area is 131 Å². The summed E-state index contributed by atoms with van der Waals surface area (Å²) >= 11 is 0. The van der Waals surface area contributed by atoms with E-state index >= 15 is 0 Å². The van der Waals surface area contributed by atoms with Crippen LogP contribution < -0.4 is 5.32 Å². The third kappa shape index (κ3) is 2.13. The van der Waals surface area contributed by atoms with Gasteiger partial charge < -0.3 is 5.32 Å². The van der Waals surface area contributed by atoms with Crippen LogP contribution in [-0.4, -0.2) is 27.7 Å². The van der Waals surface area contributed by atoms with Crippen LogP contribution in [0.1, 0.15) is 22.3 Å². The van der Waals surface area contributed by atoms with Crippen LogP contribution in [-0.2, 0) is 0 Å². The van der Waals surface area contributed by atoms with Gasteiger partial charge in [-0.2, -0.15) is 5.10 Å². The molecule has 1 amide bonds. The second-order valence-electron chi connectivity index (χ2n) is 5.41. The van der Waals surface area contributed by atoms with Crippen LogP contribution in [0.4, 0.5) is 11.4 Å². The summed E-state index contributed by atoms with van der Waals surface area (Å²) in [5.41, 5.74) is 2.95. The fourth-order valence-electron chi connectivity index (χ4n) is 2.86. The van der Waals surface area contributed by atoms with E-state index in [4.69, 9.17) is 0 Å². The molecule has 2 aliphatic heterocycles. The summed E-state index contributed by atoms with van der Waals surface area (Å²) in [5.74, 6) is -0.138. The summed E-state index contributed by atoms with van der Waals surface area (Å²) in [6, 6.07) is 13.5. The zero-order chi connectivity index (χ0) is 16.0. The van der Waals surface area contributed by atoms with Gasteiger partial charge in [0.1, 0.15) is 6.17 Å². The predicted octanol–water partition coefficient (Wildman–Crippen LogP) is 2.60. The first kappa shape index (κ1) is 13.4. The molecule has 0 saturated carbocycles. The summed E-state index contributed by atoms with van der Waals surface area (Å²) < 4.78 is 0. The number of benzene rings is 2. The van der Waals surface area contributed by atoms with Crippen LogP contribution in [0.25, 0.3) is 0 Å². The number of nitrogens with zero attached hydrogens (tertiary/aromatic N) is 3. The number of nitrogens with one attached hydrogen (secondary N) is 1. The first-order valence-electron chi connectivity index (χ1n) is 7.15. The summed E-state index contributed by atoms with van der Waals surface area (Å²) in [6.45, 7) is 0. The molecule has 0 aromatic heterocycles. The number of hydrogen-bond acceptors (Lipinski definition) is 5. The topological polar surface area (TPSA) is 87.8 Å². The number of nitro benzene ring substituents is 1. The molecule has 0 aliphatic carbocycles. The third-order valence-corrected chi connectivity index (χ3v) is 4.01. The van der Waals surface area contributed by atoms with E-state index < -0.39 is 4.92 Å². The normalized spacial score (nSPS) is 18.8. The number of non-ortho nitro benzene ring substituents is 1. The zero-order valence-corrected chi connectivity index (χ0v) is 12.0. The number of para-hydroxylation sites is 1. The van der Waals surface area contributed by atoms with Crippen molar-refractivity contribution in [2.75, 3.05) is 5.32 Å². The monoisotopic (exact) mass is 308 g/mol. The van der Waals surface area contributed by atoms with Crippen LogP contribution >= 0.6 is 0 Å². The SMILES string of the molecule is O=C1c2ccccc2NC2CC(c3ccc([N+](=O)[O-])cc3)=NN12. The van der Waals surface area contributed by atoms with Crippen molar-refractivity contribution >= 4 is 23.0 Å². The minimum atomic E-state index is -0.439. The summed E-state index contributed by atoms with van der Waals surface area (Å²) in [4.78, 5) is 22.8. The fraction of sp³-hybridized carbons (Fsp3) is 0.125. The summed E-state index contributed by atoms with van der Waals surface area (Å²) in [6.07, 6.45) is 0.334. The van der Waals surface area contributed by atoms with Gasteiger partial charge in [-0.1, -0.05) is 12.1 Å². The Balaban J connectivity index is 1.64. The van der Waals surface area contributed by atoms with Crippen LogP contribution in [0.5, 0.6) is 0 Å². The summed E-state index contributed by atoms with van der Waals surface area (Å²) in [5, 5.41) is 19.9. The highest BCUT2D eigenvalue weighted by Gasteiger charge is 2.37. The highest BCUT2D eigenvalue weighted by Crippen LogP contribution is 2.31. The van der Waals surface area contributed by atoms with Gasteiger partial charge in [-0.25, -0.2) is 5.01 Å². The van der Waals surface area contributed by atoms with E-state index in [9.17, 15) is 14.9 Å². The van der Waals surface area contributed by atoms with E-state index in [0.29, 0.717) is 12.0 Å². The second kappa shape index (κ2) is 4.91. The zero-order valence-electron chi connectivity index (χ0n) is 12.0. The molecule has 0 bridgehead atoms. The first-order valence-corrected chi connectivity index (χ1v) is 7.15. The Morgan fingerprint density at radius 2 is 1.91 bits per heavy atom. The Hall–Kier alpha value is -3.22. The van der Waals surface area contributed by atoms with Gasteiger partial charge in [0.2, 0.25) is 0 Å². The molecule has 0 fully saturated rings. The van der Waals surface area contributed by atoms with E-state index in [0.717, 1.165) is 17.0 Å². The Bertz CT molecular complexity index is 845. The summed E-state index contributed by atoms with van der Waals surface area (Å²) in [7, 11) is 0. The standard InChI is InChI=1S/C16H12N4O3/c21-16-12-3-1-2-4-13(12)17-15-9-14(18-19(15)16)10-5-7-11(8-6-10)20(22)23/h1-8,15,17H,9H2. The molecule has 7 nitrogen and oxygen atoms in total. The van der Waals surface area contributed by atoms with Gasteiger partial charge in [-0.15, -0.1) is 0 Å². The molecule has 2 aromatic carbocycles. The van der Waals surface area contributed by atoms with Gasteiger partial charge in [0.05, 0.1) is 16.2 Å². The lowest BCUT2D eigenvalue weighted by atomic mass is 10.0. The molecule has 7 heteroatoms. The molecule has 1 N–H and O–H groups in total. The number of hydrazone groups is 1. The molecule has 0 radical (unpaired) electrons. The lowest BCUT2D eigenvalue weighted by Crippen LogP contribution is -2.42. The van der Waals surface area contributed by atoms with E-state index in [1.807, 2.05) is 18.2 Å². The highest BCUT2D eigenvalue weighted by atomic mass is 16.6. The minimum absolute atomic E-state index is 0.0340. The number of hydrogen-bond donors (Lipinski definition) is 1. The van der Waals surface area contributed by atoms with Gasteiger partial charge in [0.25, 0.3) is 11.6 Å². The van der Waals surface area contributed by atoms with Crippen molar-refractivity contribution in [1.82, 2.24) is 5.01 Å². The number of fused-ring (bicyclic) bond motifs is 2. The molecule has 23 heavy (non-hydrogen) atoms. The van der Waals surface area contributed by atoms with E-state index in [1.165, 1.54) is 17.1 Å². The quantitative estimate of drug-likeness (QED) is 0.682. The van der Waals surface area contributed by atoms with Gasteiger partial charge >= 0.3 is 0 Å². The van der Waals surface area contributed by atoms with Crippen molar-refractivity contribution in [1.29, 1.82) is 0 Å². The van der Waals surface area contributed by atoms with E-state index in [-0.39, 0.29) is 17.8 Å². The largest absolute Gasteiger partial charge is 0.363 e. The van der Waals surface area contributed by atoms with Gasteiger partial charge in [-0.05, 0) is 29.8 Å². The van der Waals surface area contributed by atoms with Crippen LogP contribution in [0.3, 0.4) is 0 Å². The van der Waals surface area contributed by atoms with Gasteiger partial charge in [0, 0.05) is 24.2 Å². The molecule has 0 spiro atoms. The lowest BCUT2D eigenvalue weighted by Gasteiger charge is -2.29. The number of nitro groups is 1. The molecule has 1 atom stereocenters. The third-order valence-electron chi connectivity index (χ3n) is 4.01. The number of amides is 1. The number of carbonyl (C=O) groups excluding carboxylic acids is 1. The second-order valence-corrected chi connectivity index (χ2v) is 5.41.